The average molecular weight is 400 g/mol. The Kier molecular flexibility index (Phi) is 4.55. The van der Waals surface area contributed by atoms with Crippen molar-refractivity contribution in [2.24, 2.45) is 5.92 Å². The Morgan fingerprint density at radius 2 is 2.07 bits per heavy atom. The fourth-order valence-corrected chi connectivity index (χ4v) is 4.28. The van der Waals surface area contributed by atoms with Crippen molar-refractivity contribution in [1.82, 2.24) is 24.1 Å². The molecule has 1 fully saturated rings. The minimum Gasteiger partial charge on any atom is -0.307 e. The number of aromatic nitrogens is 5. The summed E-state index contributed by atoms with van der Waals surface area (Å²) in [5.74, 6) is 0.331. The quantitative estimate of drug-likeness (QED) is 0.503. The Labute approximate surface area is 173 Å². The molecule has 0 amide bonds. The van der Waals surface area contributed by atoms with Gasteiger partial charge in [0, 0.05) is 41.8 Å². The van der Waals surface area contributed by atoms with E-state index in [0.29, 0.717) is 24.5 Å². The Bertz CT molecular complexity index is 1260. The molecule has 0 aromatic carbocycles. The monoisotopic (exact) mass is 400 g/mol. The summed E-state index contributed by atoms with van der Waals surface area (Å²) < 4.78 is 17.4. The number of halogens is 1. The maximum absolute atomic E-state index is 13.5. The van der Waals surface area contributed by atoms with Gasteiger partial charge in [0.25, 0.3) is 0 Å². The standard InChI is InChI=1S/C23H21FN6/c1-15-12-29-7-6-17(9-22(29)27-15)23-21(5-4-20(10-25)28-23)18-11-26-30(14-18)13-16-2-3-19(24)8-16/h4-7,9,11-12,14,16,19H,2-3,8,13H2,1H3. The number of hydrogen-bond donors (Lipinski definition) is 0. The van der Waals surface area contributed by atoms with Gasteiger partial charge >= 0.3 is 0 Å². The Hall–Kier alpha value is -3.53. The van der Waals surface area contributed by atoms with Crippen molar-refractivity contribution in [3.05, 3.63) is 60.4 Å². The summed E-state index contributed by atoms with van der Waals surface area (Å²) in [6.07, 6.45) is 9.20. The Morgan fingerprint density at radius 3 is 2.87 bits per heavy atom. The first kappa shape index (κ1) is 18.5. The molecule has 4 aromatic heterocycles. The summed E-state index contributed by atoms with van der Waals surface area (Å²) in [7, 11) is 0. The number of fused-ring (bicyclic) bond motifs is 1. The van der Waals surface area contributed by atoms with Crippen molar-refractivity contribution in [2.75, 3.05) is 0 Å². The van der Waals surface area contributed by atoms with Gasteiger partial charge in [0.05, 0.1) is 17.6 Å². The summed E-state index contributed by atoms with van der Waals surface area (Å²) in [6, 6.07) is 9.71. The van der Waals surface area contributed by atoms with Crippen LogP contribution in [0.1, 0.15) is 30.7 Å². The minimum atomic E-state index is -0.680. The third kappa shape index (κ3) is 3.45. The van der Waals surface area contributed by atoms with Crippen LogP contribution in [0.25, 0.3) is 28.0 Å². The van der Waals surface area contributed by atoms with Crippen LogP contribution in [-0.4, -0.2) is 30.3 Å². The molecular formula is C23H21FN6. The molecule has 5 rings (SSSR count). The maximum Gasteiger partial charge on any atom is 0.141 e. The lowest BCUT2D eigenvalue weighted by Gasteiger charge is -2.09. The van der Waals surface area contributed by atoms with Gasteiger partial charge in [-0.3, -0.25) is 4.68 Å². The van der Waals surface area contributed by atoms with Gasteiger partial charge in [-0.2, -0.15) is 10.4 Å². The lowest BCUT2D eigenvalue weighted by atomic mass is 10.0. The second-order valence-electron chi connectivity index (χ2n) is 8.00. The van der Waals surface area contributed by atoms with Crippen molar-refractivity contribution in [3.8, 4) is 28.5 Å². The molecular weight excluding hydrogens is 379 g/mol. The van der Waals surface area contributed by atoms with Gasteiger partial charge in [-0.05, 0) is 56.4 Å². The van der Waals surface area contributed by atoms with Crippen molar-refractivity contribution in [1.29, 1.82) is 5.26 Å². The van der Waals surface area contributed by atoms with Crippen molar-refractivity contribution < 1.29 is 4.39 Å². The maximum atomic E-state index is 13.5. The first-order valence-corrected chi connectivity index (χ1v) is 10.1. The van der Waals surface area contributed by atoms with E-state index in [4.69, 9.17) is 0 Å². The molecule has 0 radical (unpaired) electrons. The topological polar surface area (TPSA) is 71.8 Å². The summed E-state index contributed by atoms with van der Waals surface area (Å²) >= 11 is 0. The van der Waals surface area contributed by atoms with Crippen LogP contribution < -0.4 is 0 Å². The van der Waals surface area contributed by atoms with Crippen LogP contribution >= 0.6 is 0 Å². The van der Waals surface area contributed by atoms with E-state index in [2.05, 4.69) is 21.1 Å². The molecule has 0 N–H and O–H groups in total. The number of aryl methyl sites for hydroxylation is 1. The first-order chi connectivity index (χ1) is 14.6. The van der Waals surface area contributed by atoms with Gasteiger partial charge < -0.3 is 4.40 Å². The summed E-state index contributed by atoms with van der Waals surface area (Å²) in [5, 5.41) is 13.9. The lowest BCUT2D eigenvalue weighted by Crippen LogP contribution is -2.08. The van der Waals surface area contributed by atoms with Crippen molar-refractivity contribution >= 4 is 5.65 Å². The molecule has 30 heavy (non-hydrogen) atoms. The zero-order chi connectivity index (χ0) is 20.7. The molecule has 7 heteroatoms. The highest BCUT2D eigenvalue weighted by Crippen LogP contribution is 2.33. The molecule has 1 saturated carbocycles. The van der Waals surface area contributed by atoms with E-state index in [-0.39, 0.29) is 0 Å². The molecule has 1 aliphatic carbocycles. The minimum absolute atomic E-state index is 0.331. The predicted molar refractivity (Wildman–Crippen MR) is 111 cm³/mol. The largest absolute Gasteiger partial charge is 0.307 e. The number of imidazole rings is 1. The second-order valence-corrected chi connectivity index (χ2v) is 8.00. The van der Waals surface area contributed by atoms with Gasteiger partial charge in [0.2, 0.25) is 0 Å². The number of hydrogen-bond acceptors (Lipinski definition) is 4. The Morgan fingerprint density at radius 1 is 1.17 bits per heavy atom. The van der Waals surface area contributed by atoms with E-state index in [9.17, 15) is 9.65 Å². The molecule has 1 aliphatic rings. The highest BCUT2D eigenvalue weighted by molar-refractivity contribution is 5.81. The number of nitriles is 1. The summed E-state index contributed by atoms with van der Waals surface area (Å²) in [5.41, 5.74) is 5.58. The molecule has 0 spiro atoms. The smallest absolute Gasteiger partial charge is 0.141 e. The summed E-state index contributed by atoms with van der Waals surface area (Å²) in [6.45, 7) is 2.68. The highest BCUT2D eigenvalue weighted by Gasteiger charge is 2.24. The van der Waals surface area contributed by atoms with E-state index in [1.165, 1.54) is 0 Å². The second kappa shape index (κ2) is 7.38. The van der Waals surface area contributed by atoms with Crippen LogP contribution in [0.5, 0.6) is 0 Å². The fraction of sp³-hybridized carbons (Fsp3) is 0.304. The van der Waals surface area contributed by atoms with E-state index in [1.54, 1.807) is 6.07 Å². The number of nitrogens with zero attached hydrogens (tertiary/aromatic N) is 6. The van der Waals surface area contributed by atoms with E-state index in [1.807, 2.05) is 59.0 Å². The van der Waals surface area contributed by atoms with Crippen molar-refractivity contribution in [2.45, 2.75) is 38.9 Å². The number of alkyl halides is 1. The molecule has 0 aliphatic heterocycles. The van der Waals surface area contributed by atoms with E-state index in [0.717, 1.165) is 46.7 Å². The molecule has 0 saturated heterocycles. The van der Waals surface area contributed by atoms with Gasteiger partial charge in [0.1, 0.15) is 23.6 Å². The zero-order valence-corrected chi connectivity index (χ0v) is 16.7. The third-order valence-electron chi connectivity index (χ3n) is 5.73. The predicted octanol–water partition coefficient (Wildman–Crippen LogP) is 4.58. The summed E-state index contributed by atoms with van der Waals surface area (Å²) in [4.78, 5) is 9.12. The first-order valence-electron chi connectivity index (χ1n) is 10.1. The number of rotatable bonds is 4. The Balaban J connectivity index is 1.53. The van der Waals surface area contributed by atoms with E-state index < -0.39 is 6.17 Å². The van der Waals surface area contributed by atoms with Crippen LogP contribution in [0, 0.1) is 24.2 Å². The molecule has 2 unspecified atom stereocenters. The van der Waals surface area contributed by atoms with Crippen molar-refractivity contribution in [3.63, 3.8) is 0 Å². The van der Waals surface area contributed by atoms with Crippen LogP contribution in [0.15, 0.2) is 49.1 Å². The normalized spacial score (nSPS) is 18.7. The zero-order valence-electron chi connectivity index (χ0n) is 16.7. The van der Waals surface area contributed by atoms with Gasteiger partial charge in [-0.25, -0.2) is 14.4 Å². The SMILES string of the molecule is Cc1cn2ccc(-c3nc(C#N)ccc3-c3cnn(CC4CCC(F)C4)c3)cc2n1. The molecule has 0 bridgehead atoms. The number of pyridine rings is 2. The van der Waals surface area contributed by atoms with Crippen LogP contribution in [0.2, 0.25) is 0 Å². The molecule has 150 valence electrons. The highest BCUT2D eigenvalue weighted by atomic mass is 19.1. The average Bonchev–Trinajstić information content (AvgIpc) is 3.46. The van der Waals surface area contributed by atoms with Crippen LogP contribution in [0.3, 0.4) is 0 Å². The molecule has 2 atom stereocenters. The van der Waals surface area contributed by atoms with E-state index >= 15 is 0 Å². The fourth-order valence-electron chi connectivity index (χ4n) is 4.28. The van der Waals surface area contributed by atoms with Gasteiger partial charge in [0.15, 0.2) is 0 Å². The van der Waals surface area contributed by atoms with Crippen LogP contribution in [-0.2, 0) is 6.54 Å². The molecule has 6 nitrogen and oxygen atoms in total. The van der Waals surface area contributed by atoms with Crippen LogP contribution in [0.4, 0.5) is 4.39 Å². The lowest BCUT2D eigenvalue weighted by molar-refractivity contribution is 0.320. The van der Waals surface area contributed by atoms with Gasteiger partial charge in [-0.1, -0.05) is 0 Å². The molecule has 4 aromatic rings. The third-order valence-corrected chi connectivity index (χ3v) is 5.73. The molecule has 4 heterocycles. The van der Waals surface area contributed by atoms with Gasteiger partial charge in [-0.15, -0.1) is 0 Å².